The summed E-state index contributed by atoms with van der Waals surface area (Å²) >= 11 is 0. The zero-order valence-electron chi connectivity index (χ0n) is 16.1. The topological polar surface area (TPSA) is 89.1 Å². The van der Waals surface area contributed by atoms with Gasteiger partial charge in [0.15, 0.2) is 5.65 Å². The fraction of sp³-hybridized carbons (Fsp3) is 0.136. The summed E-state index contributed by atoms with van der Waals surface area (Å²) in [5, 5.41) is 3.54. The van der Waals surface area contributed by atoms with E-state index in [1.807, 2.05) is 55.5 Å². The van der Waals surface area contributed by atoms with Gasteiger partial charge < -0.3 is 14.8 Å². The summed E-state index contributed by atoms with van der Waals surface area (Å²) in [6.45, 7) is 2.54. The number of nitrogens with zero attached hydrogens (tertiary/aromatic N) is 2. The molecule has 2 heterocycles. The lowest BCUT2D eigenvalue weighted by atomic mass is 10.0. The van der Waals surface area contributed by atoms with Gasteiger partial charge in [0.2, 0.25) is 5.95 Å². The number of pyridine rings is 1. The first-order valence-corrected chi connectivity index (χ1v) is 9.21. The molecule has 7 heteroatoms. The summed E-state index contributed by atoms with van der Waals surface area (Å²) in [6.07, 6.45) is 1.65. The Morgan fingerprint density at radius 1 is 1.00 bits per heavy atom. The van der Waals surface area contributed by atoms with Crippen molar-refractivity contribution in [3.05, 3.63) is 71.1 Å². The summed E-state index contributed by atoms with van der Waals surface area (Å²) < 4.78 is 10.6. The van der Waals surface area contributed by atoms with Crippen LogP contribution in [-0.4, -0.2) is 28.7 Å². The third-order valence-electron chi connectivity index (χ3n) is 4.44. The van der Waals surface area contributed by atoms with Crippen LogP contribution in [0.4, 0.5) is 11.6 Å². The van der Waals surface area contributed by atoms with Crippen molar-refractivity contribution in [3.63, 3.8) is 0 Å². The van der Waals surface area contributed by atoms with Crippen LogP contribution in [0, 0.1) is 0 Å². The molecular formula is C22H20N4O3. The van der Waals surface area contributed by atoms with Gasteiger partial charge in [0.25, 0.3) is 5.56 Å². The van der Waals surface area contributed by atoms with E-state index in [0.29, 0.717) is 23.6 Å². The Kier molecular flexibility index (Phi) is 5.11. The molecule has 0 spiro atoms. The number of methoxy groups -OCH3 is 1. The Hall–Kier alpha value is -3.87. The van der Waals surface area contributed by atoms with Gasteiger partial charge in [-0.25, -0.2) is 4.98 Å². The average Bonchev–Trinajstić information content (AvgIpc) is 2.75. The highest BCUT2D eigenvalue weighted by Crippen LogP contribution is 2.27. The van der Waals surface area contributed by atoms with Crippen molar-refractivity contribution in [1.82, 2.24) is 15.0 Å². The largest absolute Gasteiger partial charge is 0.497 e. The molecule has 0 aliphatic carbocycles. The second kappa shape index (κ2) is 8.02. The van der Waals surface area contributed by atoms with E-state index < -0.39 is 0 Å². The fourth-order valence-corrected chi connectivity index (χ4v) is 3.07. The molecule has 0 aliphatic heterocycles. The van der Waals surface area contributed by atoms with Crippen LogP contribution in [0.5, 0.6) is 11.5 Å². The minimum atomic E-state index is -0.262. The van der Waals surface area contributed by atoms with Gasteiger partial charge in [-0.2, -0.15) is 4.98 Å². The molecule has 4 rings (SSSR count). The number of H-pyrrole nitrogens is 1. The lowest BCUT2D eigenvalue weighted by Gasteiger charge is -2.10. The van der Waals surface area contributed by atoms with E-state index in [0.717, 1.165) is 28.3 Å². The van der Waals surface area contributed by atoms with Gasteiger partial charge in [0.1, 0.15) is 11.5 Å². The predicted octanol–water partition coefficient (Wildman–Crippen LogP) is 4.14. The number of fused-ring (bicyclic) bond motifs is 1. The van der Waals surface area contributed by atoms with E-state index in [1.54, 1.807) is 19.4 Å². The predicted molar refractivity (Wildman–Crippen MR) is 113 cm³/mol. The Morgan fingerprint density at radius 3 is 2.41 bits per heavy atom. The highest BCUT2D eigenvalue weighted by atomic mass is 16.5. The number of hydrogen-bond acceptors (Lipinski definition) is 6. The lowest BCUT2D eigenvalue weighted by molar-refractivity contribution is 0.340. The molecular weight excluding hydrogens is 368 g/mol. The standard InChI is InChI=1S/C22H20N4O3/c1-3-29-17-10-6-15(7-11-17)24-22-25-20-19(21(27)26-22)18(12-13-23-20)14-4-8-16(28-2)9-5-14/h4-13H,3H2,1-2H3,(H2,23,24,25,26,27). The number of anilines is 2. The number of rotatable bonds is 6. The van der Waals surface area contributed by atoms with Crippen molar-refractivity contribution < 1.29 is 9.47 Å². The van der Waals surface area contributed by atoms with Crippen molar-refractivity contribution >= 4 is 22.7 Å². The SMILES string of the molecule is CCOc1ccc(Nc2nc3nccc(-c4ccc(OC)cc4)c3c(=O)[nH]2)cc1. The van der Waals surface area contributed by atoms with Crippen LogP contribution in [0.2, 0.25) is 0 Å². The van der Waals surface area contributed by atoms with Gasteiger partial charge in [-0.15, -0.1) is 0 Å². The maximum atomic E-state index is 12.8. The van der Waals surface area contributed by atoms with E-state index >= 15 is 0 Å². The lowest BCUT2D eigenvalue weighted by Crippen LogP contribution is -2.13. The third-order valence-corrected chi connectivity index (χ3v) is 4.44. The van der Waals surface area contributed by atoms with Gasteiger partial charge in [-0.3, -0.25) is 9.78 Å². The Balaban J connectivity index is 1.69. The van der Waals surface area contributed by atoms with Crippen LogP contribution in [0.15, 0.2) is 65.6 Å². The van der Waals surface area contributed by atoms with E-state index in [4.69, 9.17) is 9.47 Å². The van der Waals surface area contributed by atoms with Gasteiger partial charge >= 0.3 is 0 Å². The molecule has 0 aliphatic rings. The van der Waals surface area contributed by atoms with Crippen molar-refractivity contribution in [1.29, 1.82) is 0 Å². The minimum Gasteiger partial charge on any atom is -0.497 e. The van der Waals surface area contributed by atoms with E-state index in [1.165, 1.54) is 0 Å². The Bertz CT molecular complexity index is 1190. The number of aromatic nitrogens is 3. The summed E-state index contributed by atoms with van der Waals surface area (Å²) in [6, 6.07) is 16.7. The second-order valence-electron chi connectivity index (χ2n) is 6.28. The maximum Gasteiger partial charge on any atom is 0.262 e. The number of hydrogen-bond donors (Lipinski definition) is 2. The third kappa shape index (κ3) is 3.89. The molecule has 0 unspecified atom stereocenters. The van der Waals surface area contributed by atoms with E-state index in [-0.39, 0.29) is 5.56 Å². The summed E-state index contributed by atoms with van der Waals surface area (Å²) in [7, 11) is 1.62. The number of nitrogens with one attached hydrogen (secondary N) is 2. The molecule has 0 saturated carbocycles. The highest BCUT2D eigenvalue weighted by Gasteiger charge is 2.12. The summed E-state index contributed by atoms with van der Waals surface area (Å²) in [5.74, 6) is 1.86. The fourth-order valence-electron chi connectivity index (χ4n) is 3.07. The van der Waals surface area contributed by atoms with Crippen LogP contribution < -0.4 is 20.3 Å². The van der Waals surface area contributed by atoms with E-state index in [9.17, 15) is 4.79 Å². The van der Waals surface area contributed by atoms with Crippen LogP contribution >= 0.6 is 0 Å². The monoisotopic (exact) mass is 388 g/mol. The maximum absolute atomic E-state index is 12.8. The quantitative estimate of drug-likeness (QED) is 0.516. The van der Waals surface area contributed by atoms with Gasteiger partial charge in [0.05, 0.1) is 19.1 Å². The highest BCUT2D eigenvalue weighted by molar-refractivity contribution is 5.92. The number of aromatic amines is 1. The molecule has 146 valence electrons. The van der Waals surface area contributed by atoms with Gasteiger partial charge in [-0.05, 0) is 60.5 Å². The molecule has 0 radical (unpaired) electrons. The second-order valence-corrected chi connectivity index (χ2v) is 6.28. The zero-order chi connectivity index (χ0) is 20.2. The number of benzene rings is 2. The molecule has 0 fully saturated rings. The van der Waals surface area contributed by atoms with Crippen LogP contribution in [0.3, 0.4) is 0 Å². The molecule has 29 heavy (non-hydrogen) atoms. The smallest absolute Gasteiger partial charge is 0.262 e. The molecule has 7 nitrogen and oxygen atoms in total. The van der Waals surface area contributed by atoms with Crippen LogP contribution in [0.25, 0.3) is 22.2 Å². The molecule has 4 aromatic rings. The minimum absolute atomic E-state index is 0.262. The average molecular weight is 388 g/mol. The van der Waals surface area contributed by atoms with Crippen molar-refractivity contribution in [2.45, 2.75) is 6.92 Å². The molecule has 0 saturated heterocycles. The first-order chi connectivity index (χ1) is 14.2. The van der Waals surface area contributed by atoms with Gasteiger partial charge in [0, 0.05) is 11.9 Å². The van der Waals surface area contributed by atoms with Crippen molar-refractivity contribution in [3.8, 4) is 22.6 Å². The molecule has 0 atom stereocenters. The first-order valence-electron chi connectivity index (χ1n) is 9.21. The van der Waals surface area contributed by atoms with Crippen molar-refractivity contribution in [2.24, 2.45) is 0 Å². The Morgan fingerprint density at radius 2 is 1.72 bits per heavy atom. The summed E-state index contributed by atoms with van der Waals surface area (Å²) in [4.78, 5) is 24.4. The van der Waals surface area contributed by atoms with Crippen molar-refractivity contribution in [2.75, 3.05) is 19.0 Å². The zero-order valence-corrected chi connectivity index (χ0v) is 16.1. The summed E-state index contributed by atoms with van der Waals surface area (Å²) in [5.41, 5.74) is 2.54. The first kappa shape index (κ1) is 18.5. The molecule has 2 N–H and O–H groups in total. The normalized spacial score (nSPS) is 10.7. The molecule has 2 aromatic heterocycles. The van der Waals surface area contributed by atoms with E-state index in [2.05, 4.69) is 20.3 Å². The molecule has 0 amide bonds. The van der Waals surface area contributed by atoms with Crippen LogP contribution in [0.1, 0.15) is 6.92 Å². The number of ether oxygens (including phenoxy) is 2. The molecule has 0 bridgehead atoms. The Labute approximate surface area is 167 Å². The van der Waals surface area contributed by atoms with Crippen LogP contribution in [-0.2, 0) is 0 Å². The van der Waals surface area contributed by atoms with Gasteiger partial charge in [-0.1, -0.05) is 12.1 Å². The molecule has 2 aromatic carbocycles.